The van der Waals surface area contributed by atoms with Gasteiger partial charge in [0.25, 0.3) is 5.91 Å². The summed E-state index contributed by atoms with van der Waals surface area (Å²) in [5.74, 6) is 1.28. The highest BCUT2D eigenvalue weighted by Crippen LogP contribution is 2.45. The van der Waals surface area contributed by atoms with Crippen molar-refractivity contribution in [2.45, 2.75) is 44.6 Å². The van der Waals surface area contributed by atoms with Crippen molar-refractivity contribution in [1.82, 2.24) is 15.3 Å². The number of carboxylic acid groups (broad SMARTS) is 1. The number of amides is 1. The Bertz CT molecular complexity index is 1290. The lowest BCUT2D eigenvalue weighted by Crippen LogP contribution is -2.37. The van der Waals surface area contributed by atoms with Crippen molar-refractivity contribution >= 4 is 17.6 Å². The summed E-state index contributed by atoms with van der Waals surface area (Å²) in [7, 11) is 0. The van der Waals surface area contributed by atoms with Crippen LogP contribution >= 0.6 is 0 Å². The molecular weight excluding hydrogens is 496 g/mol. The second kappa shape index (κ2) is 12.1. The van der Waals surface area contributed by atoms with Gasteiger partial charge in [-0.2, -0.15) is 0 Å². The minimum Gasteiger partial charge on any atom is -0.508 e. The van der Waals surface area contributed by atoms with Gasteiger partial charge >= 0.3 is 5.97 Å². The predicted molar refractivity (Wildman–Crippen MR) is 146 cm³/mol. The van der Waals surface area contributed by atoms with Gasteiger partial charge in [-0.15, -0.1) is 0 Å². The van der Waals surface area contributed by atoms with Gasteiger partial charge in [-0.25, -0.2) is 9.97 Å². The first kappa shape index (κ1) is 26.5. The third-order valence-corrected chi connectivity index (χ3v) is 7.56. The summed E-state index contributed by atoms with van der Waals surface area (Å²) in [6.07, 6.45) is 7.37. The van der Waals surface area contributed by atoms with Crippen LogP contribution in [0, 0.1) is 11.8 Å². The Morgan fingerprint density at radius 3 is 2.51 bits per heavy atom. The highest BCUT2D eigenvalue weighted by Gasteiger charge is 2.34. The first-order valence-corrected chi connectivity index (χ1v) is 13.5. The van der Waals surface area contributed by atoms with Crippen LogP contribution in [0.4, 0.5) is 5.69 Å². The number of aliphatic carboxylic acids is 1. The number of hydrogen-bond donors (Lipinski definition) is 3. The number of phenols is 1. The number of piperidine rings is 1. The molecule has 39 heavy (non-hydrogen) atoms. The molecule has 1 aliphatic heterocycles. The average Bonchev–Trinajstić information content (AvgIpc) is 3.80. The fourth-order valence-corrected chi connectivity index (χ4v) is 5.28. The number of rotatable bonds is 11. The van der Waals surface area contributed by atoms with Crippen molar-refractivity contribution < 1.29 is 24.5 Å². The quantitative estimate of drug-likeness (QED) is 0.334. The van der Waals surface area contributed by atoms with Crippen LogP contribution in [-0.4, -0.2) is 51.8 Å². The van der Waals surface area contributed by atoms with Gasteiger partial charge in [0.15, 0.2) is 0 Å². The molecule has 0 radical (unpaired) electrons. The van der Waals surface area contributed by atoms with Gasteiger partial charge in [0.2, 0.25) is 0 Å². The number of carbonyl (C=O) groups excluding carboxylic acids is 1. The first-order valence-electron chi connectivity index (χ1n) is 13.5. The van der Waals surface area contributed by atoms with Crippen LogP contribution in [-0.2, 0) is 11.3 Å². The van der Waals surface area contributed by atoms with Crippen molar-refractivity contribution in [1.29, 1.82) is 0 Å². The molecule has 3 aromatic rings. The number of nitrogens with one attached hydrogen (secondary N) is 1. The number of carbonyl (C=O) groups is 2. The maximum atomic E-state index is 13.0. The molecule has 0 bridgehead atoms. The van der Waals surface area contributed by atoms with Gasteiger partial charge in [-0.05, 0) is 79.3 Å². The number of ether oxygens (including phenoxy) is 1. The van der Waals surface area contributed by atoms with E-state index >= 15 is 0 Å². The Balaban J connectivity index is 1.16. The van der Waals surface area contributed by atoms with E-state index in [9.17, 15) is 19.8 Å². The van der Waals surface area contributed by atoms with Crippen LogP contribution in [0.3, 0.4) is 0 Å². The summed E-state index contributed by atoms with van der Waals surface area (Å²) in [6.45, 7) is 2.27. The minimum absolute atomic E-state index is 0.0446. The van der Waals surface area contributed by atoms with E-state index < -0.39 is 5.97 Å². The monoisotopic (exact) mass is 530 g/mol. The highest BCUT2D eigenvalue weighted by atomic mass is 16.5. The van der Waals surface area contributed by atoms with E-state index in [2.05, 4.69) is 20.2 Å². The molecule has 204 valence electrons. The molecule has 2 aliphatic rings. The topological polar surface area (TPSA) is 125 Å². The molecule has 2 heterocycles. The van der Waals surface area contributed by atoms with Gasteiger partial charge < -0.3 is 25.2 Å². The van der Waals surface area contributed by atoms with Crippen molar-refractivity contribution in [3.05, 3.63) is 77.9 Å². The summed E-state index contributed by atoms with van der Waals surface area (Å²) in [6, 6.07) is 14.4. The number of benzene rings is 2. The van der Waals surface area contributed by atoms with E-state index in [0.29, 0.717) is 35.5 Å². The number of phenolic OH excluding ortho intramolecular Hbond substituents is 1. The zero-order valence-electron chi connectivity index (χ0n) is 21.8. The van der Waals surface area contributed by atoms with Crippen LogP contribution in [0.25, 0.3) is 0 Å². The largest absolute Gasteiger partial charge is 0.508 e. The number of nitrogens with zero attached hydrogens (tertiary/aromatic N) is 3. The van der Waals surface area contributed by atoms with Crippen molar-refractivity contribution in [2.75, 3.05) is 24.6 Å². The molecule has 1 saturated heterocycles. The molecule has 2 aromatic carbocycles. The molecule has 1 aliphatic carbocycles. The van der Waals surface area contributed by atoms with E-state index in [1.807, 2.05) is 24.3 Å². The zero-order valence-corrected chi connectivity index (χ0v) is 21.8. The number of hydrogen-bond acceptors (Lipinski definition) is 7. The molecular formula is C30H34N4O5. The summed E-state index contributed by atoms with van der Waals surface area (Å²) in [5.41, 5.74) is 2.25. The fraction of sp³-hybridized carbons (Fsp3) is 0.400. The minimum atomic E-state index is -0.762. The highest BCUT2D eigenvalue weighted by molar-refractivity contribution is 6.00. The Kier molecular flexibility index (Phi) is 8.24. The first-order chi connectivity index (χ1) is 19.0. The van der Waals surface area contributed by atoms with Crippen LogP contribution in [0.15, 0.2) is 60.9 Å². The molecule has 2 fully saturated rings. The lowest BCUT2D eigenvalue weighted by molar-refractivity contribution is -0.137. The SMILES string of the molecule is O=C(O)CC(c1cccc(OCC2CCN(c3cc(O)ccc3C(=O)NCc3ncccn3)CC2)c1)C1CC1. The van der Waals surface area contributed by atoms with Gasteiger partial charge in [0.1, 0.15) is 17.3 Å². The molecule has 9 heteroatoms. The van der Waals surface area contributed by atoms with Gasteiger partial charge in [-0.3, -0.25) is 9.59 Å². The maximum Gasteiger partial charge on any atom is 0.303 e. The Morgan fingerprint density at radius 2 is 1.79 bits per heavy atom. The molecule has 1 amide bonds. The Morgan fingerprint density at radius 1 is 1.03 bits per heavy atom. The van der Waals surface area contributed by atoms with E-state index in [0.717, 1.165) is 50.1 Å². The van der Waals surface area contributed by atoms with E-state index in [1.54, 1.807) is 30.6 Å². The van der Waals surface area contributed by atoms with Gasteiger partial charge in [-0.1, -0.05) is 12.1 Å². The number of aromatic nitrogens is 2. The van der Waals surface area contributed by atoms with Crippen molar-refractivity contribution in [2.24, 2.45) is 11.8 Å². The third-order valence-electron chi connectivity index (χ3n) is 7.56. The smallest absolute Gasteiger partial charge is 0.303 e. The fourth-order valence-electron chi connectivity index (χ4n) is 5.28. The second-order valence-corrected chi connectivity index (χ2v) is 10.4. The van der Waals surface area contributed by atoms with E-state index in [4.69, 9.17) is 4.74 Å². The van der Waals surface area contributed by atoms with Crippen LogP contribution < -0.4 is 15.0 Å². The summed E-state index contributed by atoms with van der Waals surface area (Å²) in [5, 5.41) is 22.3. The van der Waals surface area contributed by atoms with E-state index in [-0.39, 0.29) is 30.5 Å². The van der Waals surface area contributed by atoms with Crippen molar-refractivity contribution in [3.63, 3.8) is 0 Å². The van der Waals surface area contributed by atoms with E-state index in [1.165, 1.54) is 6.07 Å². The van der Waals surface area contributed by atoms with Crippen LogP contribution in [0.5, 0.6) is 11.5 Å². The third kappa shape index (κ3) is 7.04. The molecule has 9 nitrogen and oxygen atoms in total. The number of aromatic hydroxyl groups is 1. The maximum absolute atomic E-state index is 13.0. The summed E-state index contributed by atoms with van der Waals surface area (Å²) in [4.78, 5) is 34.7. The normalized spacial score (nSPS) is 16.5. The molecule has 0 spiro atoms. The molecule has 5 rings (SSSR count). The molecule has 1 saturated carbocycles. The summed E-state index contributed by atoms with van der Waals surface area (Å²) >= 11 is 0. The van der Waals surface area contributed by atoms with Crippen molar-refractivity contribution in [3.8, 4) is 11.5 Å². The number of carboxylic acids is 1. The Labute approximate surface area is 227 Å². The number of anilines is 1. The second-order valence-electron chi connectivity index (χ2n) is 10.4. The molecule has 3 N–H and O–H groups in total. The lowest BCUT2D eigenvalue weighted by atomic mass is 9.91. The predicted octanol–water partition coefficient (Wildman–Crippen LogP) is 4.38. The van der Waals surface area contributed by atoms with Crippen LogP contribution in [0.1, 0.15) is 59.8 Å². The molecule has 1 unspecified atom stereocenters. The average molecular weight is 531 g/mol. The van der Waals surface area contributed by atoms with Gasteiger partial charge in [0, 0.05) is 31.5 Å². The Hall–Kier alpha value is -4.14. The zero-order chi connectivity index (χ0) is 27.2. The lowest BCUT2D eigenvalue weighted by Gasteiger charge is -2.34. The van der Waals surface area contributed by atoms with Gasteiger partial charge in [0.05, 0.1) is 30.8 Å². The molecule has 1 aromatic heterocycles. The molecule has 1 atom stereocenters. The standard InChI is InChI=1S/C30H34N4O5/c35-23-7-8-25(30(38)33-18-28-31-11-2-12-32-28)27(16-23)34-13-9-20(10-14-34)19-39-24-4-1-3-22(15-24)26(17-29(36)37)21-5-6-21/h1-4,7-8,11-12,15-16,20-21,26,35H,5-6,9-10,13-14,17-19H2,(H,33,38)(H,36,37). The summed E-state index contributed by atoms with van der Waals surface area (Å²) < 4.78 is 6.16. The van der Waals surface area contributed by atoms with Crippen LogP contribution in [0.2, 0.25) is 0 Å².